The summed E-state index contributed by atoms with van der Waals surface area (Å²) in [5.74, 6) is 0.869. The van der Waals surface area contributed by atoms with Crippen LogP contribution in [0.3, 0.4) is 0 Å². The second-order valence-corrected chi connectivity index (χ2v) is 8.34. The lowest BCUT2D eigenvalue weighted by Gasteiger charge is -2.15. The largest absolute Gasteiger partial charge is 0.488 e. The Morgan fingerprint density at radius 3 is 2.71 bits per heavy atom. The van der Waals surface area contributed by atoms with Crippen LogP contribution in [0.2, 0.25) is 5.02 Å². The maximum Gasteiger partial charge on any atom is 0.214 e. The molecule has 0 fully saturated rings. The van der Waals surface area contributed by atoms with Gasteiger partial charge in [0.25, 0.3) is 0 Å². The van der Waals surface area contributed by atoms with Gasteiger partial charge in [-0.05, 0) is 42.5 Å². The summed E-state index contributed by atoms with van der Waals surface area (Å²) in [6.45, 7) is 0.411. The Bertz CT molecular complexity index is 1240. The van der Waals surface area contributed by atoms with E-state index in [9.17, 15) is 4.39 Å². The van der Waals surface area contributed by atoms with Crippen molar-refractivity contribution < 1.29 is 9.13 Å². The summed E-state index contributed by atoms with van der Waals surface area (Å²) >= 11 is 15.0. The molecule has 9 heteroatoms. The molecule has 0 bridgehead atoms. The van der Waals surface area contributed by atoms with Crippen LogP contribution in [0.15, 0.2) is 71.2 Å². The summed E-state index contributed by atoms with van der Waals surface area (Å²) in [5.41, 5.74) is 5.37. The monoisotopic (exact) mass is 518 g/mol. The number of nitrogens with zero attached hydrogens (tertiary/aromatic N) is 2. The molecule has 1 aromatic heterocycles. The molecule has 0 atom stereocenters. The number of halogens is 3. The molecule has 4 aromatic rings. The van der Waals surface area contributed by atoms with Crippen LogP contribution in [0.25, 0.3) is 11.4 Å². The van der Waals surface area contributed by atoms with Crippen molar-refractivity contribution in [2.75, 3.05) is 5.43 Å². The Morgan fingerprint density at radius 1 is 1.13 bits per heavy atom. The summed E-state index contributed by atoms with van der Waals surface area (Å²) in [6.07, 6.45) is 0. The van der Waals surface area contributed by atoms with Crippen molar-refractivity contribution in [2.24, 2.45) is 0 Å². The third-order valence-electron chi connectivity index (χ3n) is 4.59. The number of rotatable bonds is 7. The van der Waals surface area contributed by atoms with Crippen LogP contribution in [0, 0.1) is 10.6 Å². The molecule has 0 aliphatic rings. The zero-order valence-corrected chi connectivity index (χ0v) is 19.3. The van der Waals surface area contributed by atoms with Gasteiger partial charge in [0.05, 0.1) is 11.6 Å². The normalized spacial score (nSPS) is 10.8. The van der Waals surface area contributed by atoms with Gasteiger partial charge in [0.15, 0.2) is 5.82 Å². The predicted octanol–water partition coefficient (Wildman–Crippen LogP) is 6.49. The molecule has 0 saturated carbocycles. The van der Waals surface area contributed by atoms with E-state index in [0.717, 1.165) is 15.6 Å². The van der Waals surface area contributed by atoms with Crippen LogP contribution < -0.4 is 10.2 Å². The molecule has 0 aliphatic heterocycles. The van der Waals surface area contributed by atoms with Gasteiger partial charge in [-0.3, -0.25) is 0 Å². The molecule has 158 valence electrons. The van der Waals surface area contributed by atoms with Gasteiger partial charge < -0.3 is 10.2 Å². The van der Waals surface area contributed by atoms with Crippen molar-refractivity contribution in [1.29, 1.82) is 0 Å². The molecule has 1 heterocycles. The number of aromatic amines is 1. The molecule has 2 N–H and O–H groups in total. The first-order valence-corrected chi connectivity index (χ1v) is 10.9. The van der Waals surface area contributed by atoms with E-state index in [4.69, 9.17) is 28.6 Å². The molecule has 0 saturated heterocycles. The Morgan fingerprint density at radius 2 is 1.94 bits per heavy atom. The molecule has 3 aromatic carbocycles. The predicted molar refractivity (Wildman–Crippen MR) is 126 cm³/mol. The van der Waals surface area contributed by atoms with Crippen molar-refractivity contribution in [3.8, 4) is 17.1 Å². The molecule has 0 aliphatic carbocycles. The van der Waals surface area contributed by atoms with Gasteiger partial charge in [-0.1, -0.05) is 63.9 Å². The summed E-state index contributed by atoms with van der Waals surface area (Å²) < 4.78 is 23.0. The van der Waals surface area contributed by atoms with Crippen LogP contribution in [-0.4, -0.2) is 14.9 Å². The van der Waals surface area contributed by atoms with E-state index in [0.29, 0.717) is 33.5 Å². The highest BCUT2D eigenvalue weighted by atomic mass is 79.9. The highest BCUT2D eigenvalue weighted by Crippen LogP contribution is 2.27. The Hall–Kier alpha value is -2.68. The van der Waals surface area contributed by atoms with Gasteiger partial charge in [-0.25, -0.2) is 14.2 Å². The molecular formula is C22H17BrClFN4OS. The van der Waals surface area contributed by atoms with Crippen LogP contribution in [-0.2, 0) is 13.2 Å². The fraction of sp³-hybridized carbons (Fsp3) is 0.0909. The van der Waals surface area contributed by atoms with Crippen LogP contribution in [0.4, 0.5) is 4.39 Å². The minimum atomic E-state index is -0.401. The van der Waals surface area contributed by atoms with Crippen LogP contribution >= 0.6 is 39.7 Å². The maximum atomic E-state index is 14.1. The van der Waals surface area contributed by atoms with Gasteiger partial charge in [0.1, 0.15) is 18.2 Å². The third-order valence-corrected chi connectivity index (χ3v) is 5.71. The van der Waals surface area contributed by atoms with E-state index < -0.39 is 5.82 Å². The zero-order valence-electron chi connectivity index (χ0n) is 16.1. The highest BCUT2D eigenvalue weighted by molar-refractivity contribution is 9.10. The second kappa shape index (κ2) is 9.64. The number of hydrogen-bond acceptors (Lipinski definition) is 4. The van der Waals surface area contributed by atoms with Crippen LogP contribution in [0.5, 0.6) is 5.75 Å². The van der Waals surface area contributed by atoms with Gasteiger partial charge in [-0.15, -0.1) is 0 Å². The lowest BCUT2D eigenvalue weighted by molar-refractivity contribution is 0.297. The van der Waals surface area contributed by atoms with Gasteiger partial charge in [-0.2, -0.15) is 5.10 Å². The number of nitrogens with one attached hydrogen (secondary N) is 2. The second-order valence-electron chi connectivity index (χ2n) is 6.63. The Labute approximate surface area is 196 Å². The number of benzene rings is 3. The van der Waals surface area contributed by atoms with E-state index >= 15 is 0 Å². The molecule has 0 spiro atoms. The Kier molecular flexibility index (Phi) is 6.70. The molecule has 0 radical (unpaired) electrons. The fourth-order valence-electron chi connectivity index (χ4n) is 3.04. The first-order chi connectivity index (χ1) is 15.0. The maximum absolute atomic E-state index is 14.1. The number of ether oxygens (including phenoxy) is 1. The number of H-pyrrole nitrogens is 1. The minimum absolute atomic E-state index is 0.0144. The average molecular weight is 520 g/mol. The average Bonchev–Trinajstić information content (AvgIpc) is 3.14. The zero-order chi connectivity index (χ0) is 21.8. The molecule has 0 amide bonds. The third kappa shape index (κ3) is 4.98. The highest BCUT2D eigenvalue weighted by Gasteiger charge is 2.12. The van der Waals surface area contributed by atoms with E-state index in [-0.39, 0.29) is 6.61 Å². The first-order valence-electron chi connectivity index (χ1n) is 9.34. The molecule has 5 nitrogen and oxygen atoms in total. The smallest absolute Gasteiger partial charge is 0.214 e. The molecule has 4 rings (SSSR count). The summed E-state index contributed by atoms with van der Waals surface area (Å²) in [4.78, 5) is 0. The van der Waals surface area contributed by atoms with Gasteiger partial charge in [0.2, 0.25) is 4.77 Å². The number of aromatic nitrogens is 3. The first kappa shape index (κ1) is 21.5. The van der Waals surface area contributed by atoms with Crippen molar-refractivity contribution in [1.82, 2.24) is 14.9 Å². The quantitative estimate of drug-likeness (QED) is 0.274. The standard InChI is InChI=1S/C22H17BrClFN4OS/c23-16-9-10-20(30-13-17-18(24)7-4-8-19(17)25)15(11-16)12-26-29-21(27-28-22(29)31)14-5-2-1-3-6-14/h1-11,26H,12-13H2,(H,28,31). The molecule has 31 heavy (non-hydrogen) atoms. The summed E-state index contributed by atoms with van der Waals surface area (Å²) in [5, 5.41) is 7.46. The van der Waals surface area contributed by atoms with Gasteiger partial charge in [0, 0.05) is 21.2 Å². The SMILES string of the molecule is Fc1cccc(Cl)c1COc1ccc(Br)cc1CNn1c(-c2ccccc2)n[nH]c1=S. The van der Waals surface area contributed by atoms with Crippen molar-refractivity contribution in [3.63, 3.8) is 0 Å². The summed E-state index contributed by atoms with van der Waals surface area (Å²) in [7, 11) is 0. The molecule has 0 unspecified atom stereocenters. The van der Waals surface area contributed by atoms with Crippen molar-refractivity contribution in [2.45, 2.75) is 13.2 Å². The van der Waals surface area contributed by atoms with E-state index in [2.05, 4.69) is 31.6 Å². The topological polar surface area (TPSA) is 54.9 Å². The minimum Gasteiger partial charge on any atom is -0.488 e. The summed E-state index contributed by atoms with van der Waals surface area (Å²) in [6, 6.07) is 19.9. The molecular weight excluding hydrogens is 503 g/mol. The van der Waals surface area contributed by atoms with E-state index in [1.165, 1.54) is 6.07 Å². The number of hydrogen-bond donors (Lipinski definition) is 2. The lowest BCUT2D eigenvalue weighted by atomic mass is 10.2. The van der Waals surface area contributed by atoms with Gasteiger partial charge >= 0.3 is 0 Å². The fourth-order valence-corrected chi connectivity index (χ4v) is 3.86. The van der Waals surface area contributed by atoms with Crippen molar-refractivity contribution in [3.05, 3.63) is 97.9 Å². The van der Waals surface area contributed by atoms with E-state index in [1.54, 1.807) is 16.8 Å². The van der Waals surface area contributed by atoms with Crippen LogP contribution in [0.1, 0.15) is 11.1 Å². The Balaban J connectivity index is 1.56. The van der Waals surface area contributed by atoms with Crippen molar-refractivity contribution >= 4 is 39.7 Å². The van der Waals surface area contributed by atoms with E-state index in [1.807, 2.05) is 48.5 Å². The lowest BCUT2D eigenvalue weighted by Crippen LogP contribution is -2.16.